The highest BCUT2D eigenvalue weighted by Gasteiger charge is 2.36. The summed E-state index contributed by atoms with van der Waals surface area (Å²) in [6.07, 6.45) is 0. The lowest BCUT2D eigenvalue weighted by molar-refractivity contribution is -0.120. The van der Waals surface area contributed by atoms with E-state index in [1.807, 2.05) is 37.3 Å². The molecule has 2 N–H and O–H groups in total. The third kappa shape index (κ3) is 4.30. The molecule has 1 saturated heterocycles. The number of aromatic nitrogens is 1. The first-order chi connectivity index (χ1) is 16.0. The number of rotatable bonds is 6. The molecule has 0 radical (unpaired) electrons. The van der Waals surface area contributed by atoms with Gasteiger partial charge in [0.2, 0.25) is 0 Å². The van der Waals surface area contributed by atoms with E-state index in [-0.39, 0.29) is 0 Å². The van der Waals surface area contributed by atoms with Crippen LogP contribution in [0.3, 0.4) is 0 Å². The van der Waals surface area contributed by atoms with Crippen LogP contribution in [0.15, 0.2) is 75.8 Å². The number of hydrogen-bond acceptors (Lipinski definition) is 6. The lowest BCUT2D eigenvalue weighted by Crippen LogP contribution is -2.22. The third-order valence-corrected chi connectivity index (χ3v) is 7.82. The molecule has 4 aromatic rings. The predicted molar refractivity (Wildman–Crippen MR) is 126 cm³/mol. The van der Waals surface area contributed by atoms with E-state index in [1.165, 1.54) is 11.3 Å². The Kier molecular flexibility index (Phi) is 5.76. The molecule has 0 spiro atoms. The van der Waals surface area contributed by atoms with Gasteiger partial charge in [-0.15, -0.1) is 11.3 Å². The first kappa shape index (κ1) is 21.4. The zero-order valence-corrected chi connectivity index (χ0v) is 19.2. The normalized spacial score (nSPS) is 16.5. The topological polar surface area (TPSA) is 103 Å². The van der Waals surface area contributed by atoms with E-state index in [0.717, 1.165) is 22.2 Å². The van der Waals surface area contributed by atoms with Gasteiger partial charge in [0.05, 0.1) is 10.4 Å². The van der Waals surface area contributed by atoms with Crippen molar-refractivity contribution < 1.29 is 18.9 Å². The molecule has 1 aliphatic heterocycles. The van der Waals surface area contributed by atoms with Crippen molar-refractivity contribution in [3.8, 4) is 5.75 Å². The lowest BCUT2D eigenvalue weighted by Gasteiger charge is -2.14. The molecule has 2 unspecified atom stereocenters. The summed E-state index contributed by atoms with van der Waals surface area (Å²) in [4.78, 5) is 29.7. The van der Waals surface area contributed by atoms with Crippen molar-refractivity contribution in [2.75, 3.05) is 0 Å². The maximum atomic E-state index is 13.2. The number of amides is 3. The average Bonchev–Trinajstić information content (AvgIpc) is 3.42. The van der Waals surface area contributed by atoms with Crippen molar-refractivity contribution in [3.63, 3.8) is 0 Å². The van der Waals surface area contributed by atoms with Crippen molar-refractivity contribution in [1.82, 2.24) is 15.6 Å². The molecule has 3 amide bonds. The van der Waals surface area contributed by atoms with Crippen molar-refractivity contribution in [2.45, 2.75) is 29.4 Å². The smallest absolute Gasteiger partial charge is 0.322 e. The van der Waals surface area contributed by atoms with Crippen molar-refractivity contribution >= 4 is 45.4 Å². The highest BCUT2D eigenvalue weighted by molar-refractivity contribution is 7.91. The molecule has 0 aliphatic carbocycles. The number of benzene rings is 2. The number of ether oxygens (including phenoxy) is 1. The van der Waals surface area contributed by atoms with Gasteiger partial charge in [-0.2, -0.15) is 0 Å². The van der Waals surface area contributed by atoms with Crippen LogP contribution >= 0.6 is 11.3 Å². The summed E-state index contributed by atoms with van der Waals surface area (Å²) in [6, 6.07) is 17.4. The summed E-state index contributed by atoms with van der Waals surface area (Å²) < 4.78 is 19.2. The summed E-state index contributed by atoms with van der Waals surface area (Å²) >= 11 is -0.216. The van der Waals surface area contributed by atoms with Crippen LogP contribution in [0.1, 0.15) is 22.2 Å². The standard InChI is InChI=1S/C24H19N3O4S2/c1-14-12-15(18-4-2-3-5-19(18)25-14)13-31-16-6-8-17(9-7-16)33(30)20-10-11-32-22(20)21-23(28)27-24(29)26-21/h2-12,21H,13H2,1H3,(H2,26,27,28,29). The van der Waals surface area contributed by atoms with Gasteiger partial charge in [0.1, 0.15) is 18.4 Å². The van der Waals surface area contributed by atoms with Gasteiger partial charge in [0.15, 0.2) is 9.79 Å². The summed E-state index contributed by atoms with van der Waals surface area (Å²) in [7, 11) is 0. The molecule has 166 valence electrons. The molecule has 9 heteroatoms. The summed E-state index contributed by atoms with van der Waals surface area (Å²) in [5, 5.41) is 7.58. The number of para-hydroxylation sites is 1. The summed E-state index contributed by atoms with van der Waals surface area (Å²) in [5.41, 5.74) is 2.91. The fraction of sp³-hybridized carbons (Fsp3) is 0.125. The second kappa shape index (κ2) is 8.86. The number of carbonyl (C=O) groups is 2. The number of carbonyl (C=O) groups excluding carboxylic acids is 2. The van der Waals surface area contributed by atoms with E-state index in [0.29, 0.717) is 27.0 Å². The highest BCUT2D eigenvalue weighted by Crippen LogP contribution is 2.34. The minimum Gasteiger partial charge on any atom is -0.606 e. The monoisotopic (exact) mass is 477 g/mol. The SMILES string of the molecule is Cc1cc(COc2ccc([S+]([O-])c3ccsc3C3NC(=O)NC3=O)cc2)c2ccccc2n1. The van der Waals surface area contributed by atoms with Gasteiger partial charge >= 0.3 is 6.03 Å². The van der Waals surface area contributed by atoms with Gasteiger partial charge < -0.3 is 14.6 Å². The number of hydrogen-bond donors (Lipinski definition) is 2. The average molecular weight is 478 g/mol. The molecule has 7 nitrogen and oxygen atoms in total. The number of thiophene rings is 1. The molecule has 3 heterocycles. The Morgan fingerprint density at radius 1 is 1.12 bits per heavy atom. The van der Waals surface area contributed by atoms with Crippen molar-refractivity contribution in [3.05, 3.63) is 82.2 Å². The van der Waals surface area contributed by atoms with Crippen LogP contribution in [0.2, 0.25) is 0 Å². The molecule has 2 aromatic carbocycles. The molecule has 2 atom stereocenters. The van der Waals surface area contributed by atoms with Crippen LogP contribution in [-0.2, 0) is 22.6 Å². The number of pyridine rings is 1. The molecule has 0 bridgehead atoms. The molecule has 33 heavy (non-hydrogen) atoms. The van der Waals surface area contributed by atoms with Crippen LogP contribution in [-0.4, -0.2) is 21.5 Å². The number of fused-ring (bicyclic) bond motifs is 1. The first-order valence-electron chi connectivity index (χ1n) is 10.2. The van der Waals surface area contributed by atoms with Crippen LogP contribution in [0, 0.1) is 6.92 Å². The lowest BCUT2D eigenvalue weighted by atomic mass is 10.1. The maximum absolute atomic E-state index is 13.2. The Morgan fingerprint density at radius 2 is 1.91 bits per heavy atom. The molecule has 2 aromatic heterocycles. The maximum Gasteiger partial charge on any atom is 0.322 e. The van der Waals surface area contributed by atoms with Crippen LogP contribution in [0.5, 0.6) is 5.75 Å². The predicted octanol–water partition coefficient (Wildman–Crippen LogP) is 4.23. The van der Waals surface area contributed by atoms with Gasteiger partial charge in [-0.05, 0) is 48.7 Å². The number of imide groups is 1. The Balaban J connectivity index is 1.32. The Morgan fingerprint density at radius 3 is 2.67 bits per heavy atom. The minimum atomic E-state index is -1.50. The number of urea groups is 1. The van der Waals surface area contributed by atoms with E-state index in [2.05, 4.69) is 15.6 Å². The number of aryl methyl sites for hydroxylation is 1. The largest absolute Gasteiger partial charge is 0.606 e. The van der Waals surface area contributed by atoms with Gasteiger partial charge in [0.25, 0.3) is 5.91 Å². The van der Waals surface area contributed by atoms with E-state index >= 15 is 0 Å². The molecule has 0 saturated carbocycles. The number of nitrogens with zero attached hydrogens (tertiary/aromatic N) is 1. The Bertz CT molecular complexity index is 1350. The Hall–Kier alpha value is -3.40. The zero-order valence-electron chi connectivity index (χ0n) is 17.5. The van der Waals surface area contributed by atoms with Crippen molar-refractivity contribution in [2.24, 2.45) is 0 Å². The third-order valence-electron chi connectivity index (χ3n) is 5.26. The summed E-state index contributed by atoms with van der Waals surface area (Å²) in [6.45, 7) is 2.34. The minimum absolute atomic E-state index is 0.386. The van der Waals surface area contributed by atoms with Crippen LogP contribution in [0.25, 0.3) is 10.9 Å². The van der Waals surface area contributed by atoms with Gasteiger partial charge in [-0.3, -0.25) is 15.1 Å². The van der Waals surface area contributed by atoms with Crippen LogP contribution in [0.4, 0.5) is 4.79 Å². The second-order valence-corrected chi connectivity index (χ2v) is 9.91. The molecular formula is C24H19N3O4S2. The van der Waals surface area contributed by atoms with Gasteiger partial charge in [-0.1, -0.05) is 18.2 Å². The fourth-order valence-electron chi connectivity index (χ4n) is 3.74. The fourth-order valence-corrected chi connectivity index (χ4v) is 6.16. The number of nitrogens with one attached hydrogen (secondary N) is 2. The van der Waals surface area contributed by atoms with E-state index in [4.69, 9.17) is 4.74 Å². The van der Waals surface area contributed by atoms with E-state index in [9.17, 15) is 14.1 Å². The zero-order chi connectivity index (χ0) is 22.9. The highest BCUT2D eigenvalue weighted by atomic mass is 32.2. The molecular weight excluding hydrogens is 458 g/mol. The molecule has 1 fully saturated rings. The quantitative estimate of drug-likeness (QED) is 0.320. The van der Waals surface area contributed by atoms with E-state index in [1.54, 1.807) is 35.7 Å². The van der Waals surface area contributed by atoms with Gasteiger partial charge in [0, 0.05) is 33.9 Å². The van der Waals surface area contributed by atoms with Gasteiger partial charge in [-0.25, -0.2) is 4.79 Å². The summed E-state index contributed by atoms with van der Waals surface area (Å²) in [5.74, 6) is 0.214. The molecule has 1 aliphatic rings. The Labute approximate surface area is 197 Å². The van der Waals surface area contributed by atoms with Crippen LogP contribution < -0.4 is 15.4 Å². The molecule has 5 rings (SSSR count). The first-order valence-corrected chi connectivity index (χ1v) is 12.2. The van der Waals surface area contributed by atoms with Crippen molar-refractivity contribution in [1.29, 1.82) is 0 Å². The van der Waals surface area contributed by atoms with E-state index < -0.39 is 29.2 Å². The second-order valence-electron chi connectivity index (χ2n) is 7.51.